The lowest BCUT2D eigenvalue weighted by Crippen LogP contribution is -2.07. The highest BCUT2D eigenvalue weighted by Gasteiger charge is 2.01. The largest absolute Gasteiger partial charge is 0.457 e. The molecule has 0 amide bonds. The third kappa shape index (κ3) is 4.48. The zero-order valence-electron chi connectivity index (χ0n) is 12.7. The summed E-state index contributed by atoms with van der Waals surface area (Å²) in [4.78, 5) is 10.9. The molecule has 22 heavy (non-hydrogen) atoms. The van der Waals surface area contributed by atoms with E-state index in [2.05, 4.69) is 37.8 Å². The maximum absolute atomic E-state index is 10.9. The van der Waals surface area contributed by atoms with E-state index in [0.29, 0.717) is 5.75 Å². The van der Waals surface area contributed by atoms with Crippen molar-refractivity contribution in [2.45, 2.75) is 19.8 Å². The molecule has 0 saturated heterocycles. The monoisotopic (exact) mass is 296 g/mol. The molecule has 0 bridgehead atoms. The van der Waals surface area contributed by atoms with E-state index in [9.17, 15) is 4.79 Å². The maximum atomic E-state index is 10.9. The highest BCUT2D eigenvalue weighted by molar-refractivity contribution is 5.81. The molecule has 0 radical (unpaired) electrons. The van der Waals surface area contributed by atoms with Gasteiger partial charge in [0.25, 0.3) is 0 Å². The van der Waals surface area contributed by atoms with E-state index in [0.717, 1.165) is 24.5 Å². The summed E-state index contributed by atoms with van der Waals surface area (Å²) in [6.45, 7) is 5.38. The molecule has 2 rings (SSSR count). The van der Waals surface area contributed by atoms with Crippen molar-refractivity contribution in [2.75, 3.05) is 6.79 Å². The van der Waals surface area contributed by atoms with Gasteiger partial charge in [0, 0.05) is 6.08 Å². The summed E-state index contributed by atoms with van der Waals surface area (Å²) in [6.07, 6.45) is 3.37. The van der Waals surface area contributed by atoms with Crippen molar-refractivity contribution in [1.82, 2.24) is 0 Å². The smallest absolute Gasteiger partial charge is 0.333 e. The normalized spacial score (nSPS) is 10.0. The first-order valence-electron chi connectivity index (χ1n) is 7.34. The Morgan fingerprint density at radius 3 is 2.18 bits per heavy atom. The zero-order chi connectivity index (χ0) is 15.8. The molecular formula is C19H20O3. The molecule has 0 aliphatic carbocycles. The molecule has 0 N–H and O–H groups in total. The number of aryl methyl sites for hydroxylation is 1. The second-order valence-electron chi connectivity index (χ2n) is 4.90. The lowest BCUT2D eigenvalue weighted by molar-refractivity contribution is -0.144. The van der Waals surface area contributed by atoms with Gasteiger partial charge in [-0.15, -0.1) is 0 Å². The summed E-state index contributed by atoms with van der Waals surface area (Å²) in [6, 6.07) is 16.3. The van der Waals surface area contributed by atoms with Crippen LogP contribution in [-0.4, -0.2) is 12.8 Å². The second kappa shape index (κ2) is 8.03. The van der Waals surface area contributed by atoms with Crippen LogP contribution in [0, 0.1) is 0 Å². The van der Waals surface area contributed by atoms with Crippen LogP contribution in [-0.2, 0) is 16.0 Å². The topological polar surface area (TPSA) is 35.5 Å². The molecule has 0 fully saturated rings. The van der Waals surface area contributed by atoms with Crippen molar-refractivity contribution in [2.24, 2.45) is 0 Å². The number of esters is 1. The number of hydrogen-bond acceptors (Lipinski definition) is 3. The Morgan fingerprint density at radius 2 is 1.64 bits per heavy atom. The van der Waals surface area contributed by atoms with E-state index in [1.54, 1.807) is 0 Å². The van der Waals surface area contributed by atoms with Gasteiger partial charge in [-0.05, 0) is 35.2 Å². The van der Waals surface area contributed by atoms with Crippen molar-refractivity contribution < 1.29 is 14.3 Å². The molecule has 0 aliphatic rings. The van der Waals surface area contributed by atoms with Gasteiger partial charge >= 0.3 is 5.97 Å². The van der Waals surface area contributed by atoms with Crippen LogP contribution in [0.3, 0.4) is 0 Å². The highest BCUT2D eigenvalue weighted by Crippen LogP contribution is 2.23. The fourth-order valence-corrected chi connectivity index (χ4v) is 2.11. The fraction of sp³-hybridized carbons (Fsp3) is 0.211. The molecule has 0 aromatic heterocycles. The third-order valence-corrected chi connectivity index (χ3v) is 3.27. The van der Waals surface area contributed by atoms with Gasteiger partial charge in [-0.1, -0.05) is 56.3 Å². The summed E-state index contributed by atoms with van der Waals surface area (Å²) >= 11 is 0. The van der Waals surface area contributed by atoms with Gasteiger partial charge in [-0.2, -0.15) is 0 Å². The second-order valence-corrected chi connectivity index (χ2v) is 4.90. The summed E-state index contributed by atoms with van der Waals surface area (Å²) in [5, 5.41) is 0. The quantitative estimate of drug-likeness (QED) is 0.432. The average molecular weight is 296 g/mol. The Morgan fingerprint density at radius 1 is 1.05 bits per heavy atom. The summed E-state index contributed by atoms with van der Waals surface area (Å²) < 4.78 is 10.1. The standard InChI is InChI=1S/C19H20O3/c1-3-5-15-6-8-16(9-7-15)17-10-12-18(13-11-17)21-14-22-19(20)4-2/h4,6-13H,2-3,5,14H2,1H3. The lowest BCUT2D eigenvalue weighted by Gasteiger charge is -2.08. The van der Waals surface area contributed by atoms with E-state index in [-0.39, 0.29) is 6.79 Å². The molecule has 3 heteroatoms. The minimum absolute atomic E-state index is 0.115. The number of carbonyl (C=O) groups excluding carboxylic acids is 1. The van der Waals surface area contributed by atoms with Crippen molar-refractivity contribution in [3.05, 3.63) is 66.7 Å². The van der Waals surface area contributed by atoms with Crippen LogP contribution in [0.4, 0.5) is 0 Å². The Labute approximate surface area is 131 Å². The van der Waals surface area contributed by atoms with Crippen LogP contribution in [0.5, 0.6) is 5.75 Å². The zero-order valence-corrected chi connectivity index (χ0v) is 12.7. The van der Waals surface area contributed by atoms with Gasteiger partial charge in [-0.3, -0.25) is 0 Å². The van der Waals surface area contributed by atoms with Crippen molar-refractivity contribution in [3.63, 3.8) is 0 Å². The van der Waals surface area contributed by atoms with Gasteiger partial charge in [0.15, 0.2) is 0 Å². The number of hydrogen-bond donors (Lipinski definition) is 0. The molecule has 0 unspecified atom stereocenters. The third-order valence-electron chi connectivity index (χ3n) is 3.27. The van der Waals surface area contributed by atoms with Gasteiger partial charge < -0.3 is 9.47 Å². The van der Waals surface area contributed by atoms with Crippen LogP contribution in [0.25, 0.3) is 11.1 Å². The minimum atomic E-state index is -0.496. The van der Waals surface area contributed by atoms with Crippen molar-refractivity contribution in [3.8, 4) is 16.9 Å². The first-order valence-corrected chi connectivity index (χ1v) is 7.34. The van der Waals surface area contributed by atoms with Gasteiger partial charge in [-0.25, -0.2) is 4.79 Å². The Balaban J connectivity index is 1.96. The van der Waals surface area contributed by atoms with E-state index in [1.807, 2.05) is 24.3 Å². The molecule has 0 heterocycles. The Kier molecular flexibility index (Phi) is 5.78. The fourth-order valence-electron chi connectivity index (χ4n) is 2.11. The molecule has 2 aromatic carbocycles. The van der Waals surface area contributed by atoms with Crippen LogP contribution in [0.1, 0.15) is 18.9 Å². The maximum Gasteiger partial charge on any atom is 0.333 e. The first-order chi connectivity index (χ1) is 10.7. The highest BCUT2D eigenvalue weighted by atomic mass is 16.7. The molecule has 114 valence electrons. The number of ether oxygens (including phenoxy) is 2. The lowest BCUT2D eigenvalue weighted by atomic mass is 10.0. The van der Waals surface area contributed by atoms with E-state index < -0.39 is 5.97 Å². The average Bonchev–Trinajstić information content (AvgIpc) is 2.56. The van der Waals surface area contributed by atoms with Gasteiger partial charge in [0.2, 0.25) is 6.79 Å². The molecule has 0 atom stereocenters. The van der Waals surface area contributed by atoms with Crippen molar-refractivity contribution in [1.29, 1.82) is 0 Å². The minimum Gasteiger partial charge on any atom is -0.457 e. The molecule has 2 aromatic rings. The van der Waals surface area contributed by atoms with Crippen LogP contribution >= 0.6 is 0 Å². The van der Waals surface area contributed by atoms with E-state index >= 15 is 0 Å². The first kappa shape index (κ1) is 15.8. The van der Waals surface area contributed by atoms with Crippen LogP contribution in [0.15, 0.2) is 61.2 Å². The van der Waals surface area contributed by atoms with Gasteiger partial charge in [0.1, 0.15) is 5.75 Å². The predicted octanol–water partition coefficient (Wildman–Crippen LogP) is 4.37. The molecule has 3 nitrogen and oxygen atoms in total. The summed E-state index contributed by atoms with van der Waals surface area (Å²) in [5.41, 5.74) is 3.65. The molecule has 0 aliphatic heterocycles. The van der Waals surface area contributed by atoms with E-state index in [1.165, 1.54) is 11.1 Å². The van der Waals surface area contributed by atoms with Crippen LogP contribution < -0.4 is 4.74 Å². The molecule has 0 spiro atoms. The Bertz CT molecular complexity index is 612. The summed E-state index contributed by atoms with van der Waals surface area (Å²) in [5.74, 6) is 0.159. The molecular weight excluding hydrogens is 276 g/mol. The summed E-state index contributed by atoms with van der Waals surface area (Å²) in [7, 11) is 0. The number of carbonyl (C=O) groups is 1. The van der Waals surface area contributed by atoms with E-state index in [4.69, 9.17) is 9.47 Å². The SMILES string of the molecule is C=CC(=O)OCOc1ccc(-c2ccc(CCC)cc2)cc1. The van der Waals surface area contributed by atoms with Crippen molar-refractivity contribution >= 4 is 5.97 Å². The van der Waals surface area contributed by atoms with Gasteiger partial charge in [0.05, 0.1) is 0 Å². The Hall–Kier alpha value is -2.55. The number of rotatable bonds is 7. The predicted molar refractivity (Wildman–Crippen MR) is 87.7 cm³/mol. The molecule has 0 saturated carbocycles. The van der Waals surface area contributed by atoms with Crippen LogP contribution in [0.2, 0.25) is 0 Å². The number of benzene rings is 2.